The van der Waals surface area contributed by atoms with E-state index in [4.69, 9.17) is 0 Å². The fourth-order valence-corrected chi connectivity index (χ4v) is 4.84. The molecule has 0 unspecified atom stereocenters. The number of hydrogen-bond donors (Lipinski definition) is 1. The number of thiophene rings is 1. The third-order valence-electron chi connectivity index (χ3n) is 5.76. The second kappa shape index (κ2) is 8.88. The van der Waals surface area contributed by atoms with Crippen LogP contribution in [0.1, 0.15) is 23.3 Å². The van der Waals surface area contributed by atoms with Crippen molar-refractivity contribution in [3.63, 3.8) is 0 Å². The van der Waals surface area contributed by atoms with Crippen molar-refractivity contribution in [2.75, 3.05) is 37.6 Å². The molecule has 2 amide bonds. The lowest BCUT2D eigenvalue weighted by Gasteiger charge is -2.32. The first-order valence-electron chi connectivity index (χ1n) is 10.1. The van der Waals surface area contributed by atoms with Crippen molar-refractivity contribution in [3.05, 3.63) is 52.2 Å². The highest BCUT2D eigenvalue weighted by atomic mass is 32.1. The molecule has 1 aromatic heterocycles. The third kappa shape index (κ3) is 4.45. The topological polar surface area (TPSA) is 52.7 Å². The van der Waals surface area contributed by atoms with Crippen LogP contribution in [0.3, 0.4) is 0 Å². The number of carbonyl (C=O) groups is 2. The molecular weight excluding hydrogens is 370 g/mol. The molecule has 6 heteroatoms. The molecule has 2 aliphatic rings. The molecule has 4 rings (SSSR count). The van der Waals surface area contributed by atoms with E-state index in [-0.39, 0.29) is 17.7 Å². The number of piperidine rings is 1. The number of nitrogens with zero attached hydrogens (tertiary/aromatic N) is 2. The van der Waals surface area contributed by atoms with Gasteiger partial charge in [-0.05, 0) is 61.8 Å². The van der Waals surface area contributed by atoms with Crippen LogP contribution in [-0.4, -0.2) is 49.4 Å². The van der Waals surface area contributed by atoms with Crippen molar-refractivity contribution >= 4 is 28.8 Å². The van der Waals surface area contributed by atoms with Gasteiger partial charge in [0.1, 0.15) is 0 Å². The smallest absolute Gasteiger partial charge is 0.241 e. The lowest BCUT2D eigenvalue weighted by molar-refractivity contribution is -0.126. The number of nitrogens with one attached hydrogen (secondary N) is 1. The van der Waals surface area contributed by atoms with Gasteiger partial charge >= 0.3 is 0 Å². The monoisotopic (exact) mass is 397 g/mol. The molecule has 2 aliphatic heterocycles. The zero-order chi connectivity index (χ0) is 19.3. The minimum absolute atomic E-state index is 0.0715. The summed E-state index contributed by atoms with van der Waals surface area (Å²) in [5, 5.41) is 5.14. The molecule has 1 saturated heterocycles. The Morgan fingerprint density at radius 1 is 1.07 bits per heavy atom. The van der Waals surface area contributed by atoms with Gasteiger partial charge in [-0.15, -0.1) is 11.3 Å². The highest BCUT2D eigenvalue weighted by molar-refractivity contribution is 7.09. The molecule has 0 aliphatic carbocycles. The van der Waals surface area contributed by atoms with Gasteiger partial charge in [-0.1, -0.05) is 24.3 Å². The van der Waals surface area contributed by atoms with Crippen LogP contribution in [-0.2, 0) is 22.4 Å². The molecule has 1 aromatic carbocycles. The number of hydrogen-bond acceptors (Lipinski definition) is 4. The maximum atomic E-state index is 12.8. The van der Waals surface area contributed by atoms with Crippen LogP contribution < -0.4 is 10.2 Å². The molecule has 148 valence electrons. The second-order valence-electron chi connectivity index (χ2n) is 7.59. The molecule has 1 fully saturated rings. The normalized spacial score (nSPS) is 17.5. The Balaban J connectivity index is 1.20. The Kier molecular flexibility index (Phi) is 6.07. The molecule has 0 radical (unpaired) electrons. The summed E-state index contributed by atoms with van der Waals surface area (Å²) in [5.74, 6) is 0.405. The molecule has 0 saturated carbocycles. The summed E-state index contributed by atoms with van der Waals surface area (Å²) in [7, 11) is 0. The predicted molar refractivity (Wildman–Crippen MR) is 113 cm³/mol. The predicted octanol–water partition coefficient (Wildman–Crippen LogP) is 2.71. The summed E-state index contributed by atoms with van der Waals surface area (Å²) in [4.78, 5) is 30.6. The first-order chi connectivity index (χ1) is 13.7. The quantitative estimate of drug-likeness (QED) is 0.815. The molecule has 5 nitrogen and oxygen atoms in total. The minimum atomic E-state index is 0.0715. The van der Waals surface area contributed by atoms with Crippen LogP contribution >= 0.6 is 11.3 Å². The van der Waals surface area contributed by atoms with Crippen LogP contribution in [0.4, 0.5) is 5.69 Å². The molecule has 28 heavy (non-hydrogen) atoms. The fraction of sp³-hybridized carbons (Fsp3) is 0.455. The number of benzene rings is 1. The number of rotatable bonds is 6. The van der Waals surface area contributed by atoms with Crippen molar-refractivity contribution in [1.29, 1.82) is 0 Å². The van der Waals surface area contributed by atoms with E-state index in [0.717, 1.165) is 51.0 Å². The van der Waals surface area contributed by atoms with E-state index in [1.54, 1.807) is 11.3 Å². The number of amides is 2. The molecule has 2 aromatic rings. The van der Waals surface area contributed by atoms with Crippen molar-refractivity contribution in [2.45, 2.75) is 25.7 Å². The number of anilines is 1. The van der Waals surface area contributed by atoms with Gasteiger partial charge in [-0.2, -0.15) is 0 Å². The highest BCUT2D eigenvalue weighted by Crippen LogP contribution is 2.28. The summed E-state index contributed by atoms with van der Waals surface area (Å²) in [5.41, 5.74) is 2.32. The van der Waals surface area contributed by atoms with E-state index in [1.165, 1.54) is 10.4 Å². The van der Waals surface area contributed by atoms with Crippen LogP contribution in [0.2, 0.25) is 0 Å². The summed E-state index contributed by atoms with van der Waals surface area (Å²) in [6.07, 6.45) is 3.49. The van der Waals surface area contributed by atoms with E-state index in [1.807, 2.05) is 29.2 Å². The van der Waals surface area contributed by atoms with E-state index < -0.39 is 0 Å². The Morgan fingerprint density at radius 3 is 2.68 bits per heavy atom. The van der Waals surface area contributed by atoms with E-state index in [0.29, 0.717) is 13.1 Å². The molecule has 3 heterocycles. The average Bonchev–Trinajstić information content (AvgIpc) is 3.38. The number of fused-ring (bicyclic) bond motifs is 1. The molecular formula is C22H27N3O2S. The maximum absolute atomic E-state index is 12.8. The molecule has 1 N–H and O–H groups in total. The van der Waals surface area contributed by atoms with Crippen LogP contribution in [0.15, 0.2) is 41.8 Å². The minimum Gasteiger partial charge on any atom is -0.355 e. The lowest BCUT2D eigenvalue weighted by Crippen LogP contribution is -2.45. The van der Waals surface area contributed by atoms with Crippen molar-refractivity contribution in [1.82, 2.24) is 10.2 Å². The lowest BCUT2D eigenvalue weighted by atomic mass is 9.96. The fourth-order valence-electron chi connectivity index (χ4n) is 4.14. The van der Waals surface area contributed by atoms with E-state index in [2.05, 4.69) is 27.7 Å². The summed E-state index contributed by atoms with van der Waals surface area (Å²) in [6, 6.07) is 12.3. The van der Waals surface area contributed by atoms with Crippen molar-refractivity contribution < 1.29 is 9.59 Å². The molecule has 0 spiro atoms. The molecule has 0 bridgehead atoms. The Morgan fingerprint density at radius 2 is 1.89 bits per heavy atom. The van der Waals surface area contributed by atoms with Gasteiger partial charge in [0.25, 0.3) is 0 Å². The van der Waals surface area contributed by atoms with Gasteiger partial charge in [-0.3, -0.25) is 14.5 Å². The zero-order valence-corrected chi connectivity index (χ0v) is 16.9. The first-order valence-corrected chi connectivity index (χ1v) is 11.0. The van der Waals surface area contributed by atoms with Gasteiger partial charge in [0.05, 0.1) is 6.54 Å². The van der Waals surface area contributed by atoms with E-state index in [9.17, 15) is 9.59 Å². The van der Waals surface area contributed by atoms with Crippen LogP contribution in [0, 0.1) is 5.92 Å². The first kappa shape index (κ1) is 19.2. The van der Waals surface area contributed by atoms with E-state index >= 15 is 0 Å². The summed E-state index contributed by atoms with van der Waals surface area (Å²) in [6.45, 7) is 3.54. The third-order valence-corrected chi connectivity index (χ3v) is 6.69. The van der Waals surface area contributed by atoms with Gasteiger partial charge in [0.2, 0.25) is 11.8 Å². The zero-order valence-electron chi connectivity index (χ0n) is 16.1. The Bertz CT molecular complexity index is 813. The Hall–Kier alpha value is -2.18. The summed E-state index contributed by atoms with van der Waals surface area (Å²) >= 11 is 1.73. The van der Waals surface area contributed by atoms with Gasteiger partial charge in [-0.25, -0.2) is 0 Å². The summed E-state index contributed by atoms with van der Waals surface area (Å²) < 4.78 is 0. The largest absolute Gasteiger partial charge is 0.355 e. The highest BCUT2D eigenvalue weighted by Gasteiger charge is 2.29. The number of carbonyl (C=O) groups excluding carboxylic acids is 2. The maximum Gasteiger partial charge on any atom is 0.241 e. The van der Waals surface area contributed by atoms with Crippen LogP contribution in [0.25, 0.3) is 0 Å². The number of likely N-dealkylation sites (tertiary alicyclic amines) is 1. The van der Waals surface area contributed by atoms with Gasteiger partial charge < -0.3 is 10.2 Å². The van der Waals surface area contributed by atoms with Crippen molar-refractivity contribution in [3.8, 4) is 0 Å². The Labute approximate surface area is 170 Å². The van der Waals surface area contributed by atoms with Crippen LogP contribution in [0.5, 0.6) is 0 Å². The van der Waals surface area contributed by atoms with Crippen molar-refractivity contribution in [2.24, 2.45) is 5.92 Å². The number of para-hydroxylation sites is 1. The van der Waals surface area contributed by atoms with Gasteiger partial charge in [0, 0.05) is 29.6 Å². The van der Waals surface area contributed by atoms with Gasteiger partial charge in [0.15, 0.2) is 0 Å². The SMILES string of the molecule is O=C(NCCc1cccs1)C1CCN(CC(=O)N2CCc3ccccc32)CC1. The molecule has 0 atom stereocenters. The standard InChI is InChI=1S/C22H27N3O2S/c26-21(25-14-10-17-4-1-2-6-20(17)25)16-24-12-8-18(9-13-24)22(27)23-11-7-19-5-3-15-28-19/h1-6,15,18H,7-14,16H2,(H,23,27). The second-order valence-corrected chi connectivity index (χ2v) is 8.63. The average molecular weight is 398 g/mol.